The largest absolute Gasteiger partial charge is 0.458 e. The molecule has 2 aromatic heterocycles. The topological polar surface area (TPSA) is 51.0 Å². The first kappa shape index (κ1) is 12.3. The van der Waals surface area contributed by atoms with E-state index >= 15 is 0 Å². The Morgan fingerprint density at radius 1 is 1.29 bits per heavy atom. The predicted octanol–water partition coefficient (Wildman–Crippen LogP) is 3.39. The Bertz CT molecular complexity index is 537. The summed E-state index contributed by atoms with van der Waals surface area (Å²) >= 11 is 2.25. The fraction of sp³-hybridized carbons (Fsp3) is 0.333. The number of aryl methyl sites for hydroxylation is 2. The lowest BCUT2D eigenvalue weighted by atomic mass is 10.3. The summed E-state index contributed by atoms with van der Waals surface area (Å²) in [5.41, 5.74) is 0.959. The normalized spacial score (nSPS) is 10.6. The van der Waals surface area contributed by atoms with Crippen LogP contribution in [0.1, 0.15) is 18.4 Å². The van der Waals surface area contributed by atoms with Gasteiger partial charge in [0.15, 0.2) is 11.6 Å². The molecule has 2 heterocycles. The van der Waals surface area contributed by atoms with E-state index < -0.39 is 0 Å². The molecule has 0 aliphatic heterocycles. The first-order valence-electron chi connectivity index (χ1n) is 5.46. The third kappa shape index (κ3) is 2.59. The molecule has 0 aliphatic carbocycles. The summed E-state index contributed by atoms with van der Waals surface area (Å²) in [5.74, 6) is 3.07. The molecule has 0 aliphatic rings. The van der Waals surface area contributed by atoms with E-state index in [-0.39, 0.29) is 0 Å². The summed E-state index contributed by atoms with van der Waals surface area (Å²) in [7, 11) is 0. The van der Waals surface area contributed by atoms with Crippen LogP contribution in [0.3, 0.4) is 0 Å². The molecule has 0 radical (unpaired) electrons. The molecule has 90 valence electrons. The van der Waals surface area contributed by atoms with Gasteiger partial charge in [-0.3, -0.25) is 0 Å². The van der Waals surface area contributed by atoms with Crippen LogP contribution < -0.4 is 5.32 Å². The number of halogens is 1. The molecule has 0 aromatic carbocycles. The molecule has 0 atom stereocenters. The van der Waals surface area contributed by atoms with Crippen molar-refractivity contribution in [2.75, 3.05) is 11.9 Å². The fourth-order valence-corrected chi connectivity index (χ4v) is 1.94. The van der Waals surface area contributed by atoms with Crippen molar-refractivity contribution in [2.24, 2.45) is 0 Å². The number of nitrogens with zero attached hydrogens (tertiary/aromatic N) is 2. The highest BCUT2D eigenvalue weighted by Crippen LogP contribution is 2.24. The van der Waals surface area contributed by atoms with Crippen LogP contribution in [0.2, 0.25) is 0 Å². The van der Waals surface area contributed by atoms with Crippen LogP contribution in [-0.4, -0.2) is 16.5 Å². The summed E-state index contributed by atoms with van der Waals surface area (Å²) < 4.78 is 6.59. The van der Waals surface area contributed by atoms with Gasteiger partial charge in [0.05, 0.1) is 9.26 Å². The van der Waals surface area contributed by atoms with Crippen molar-refractivity contribution in [2.45, 2.75) is 20.8 Å². The summed E-state index contributed by atoms with van der Waals surface area (Å²) in [6.07, 6.45) is 0. The average molecular weight is 343 g/mol. The number of anilines is 1. The number of furan rings is 1. The first-order valence-corrected chi connectivity index (χ1v) is 6.54. The minimum atomic E-state index is 0.631. The zero-order valence-electron chi connectivity index (χ0n) is 10.0. The van der Waals surface area contributed by atoms with Crippen LogP contribution in [-0.2, 0) is 0 Å². The molecule has 17 heavy (non-hydrogen) atoms. The maximum Gasteiger partial charge on any atom is 0.197 e. The SMILES string of the molecule is CCNc1nc(-c2ccc(C)o2)nc(C)c1I. The summed E-state index contributed by atoms with van der Waals surface area (Å²) in [6.45, 7) is 6.77. The minimum absolute atomic E-state index is 0.631. The Morgan fingerprint density at radius 3 is 2.65 bits per heavy atom. The van der Waals surface area contributed by atoms with E-state index in [9.17, 15) is 0 Å². The van der Waals surface area contributed by atoms with E-state index in [0.29, 0.717) is 11.6 Å². The van der Waals surface area contributed by atoms with E-state index in [0.717, 1.165) is 27.4 Å². The third-order valence-electron chi connectivity index (χ3n) is 2.32. The van der Waals surface area contributed by atoms with Gasteiger partial charge in [-0.25, -0.2) is 9.97 Å². The number of aromatic nitrogens is 2. The second-order valence-corrected chi connectivity index (χ2v) is 4.81. The first-order chi connectivity index (χ1) is 8.11. The highest BCUT2D eigenvalue weighted by atomic mass is 127. The minimum Gasteiger partial charge on any atom is -0.458 e. The zero-order valence-corrected chi connectivity index (χ0v) is 12.2. The van der Waals surface area contributed by atoms with Crippen LogP contribution in [0.25, 0.3) is 11.6 Å². The summed E-state index contributed by atoms with van der Waals surface area (Å²) in [5, 5.41) is 3.23. The molecule has 0 amide bonds. The van der Waals surface area contributed by atoms with Crippen molar-refractivity contribution >= 4 is 28.4 Å². The quantitative estimate of drug-likeness (QED) is 0.868. The standard InChI is InChI=1S/C12H14IN3O/c1-4-14-12-10(13)8(3)15-11(16-12)9-6-5-7(2)17-9/h5-6H,4H2,1-3H3,(H,14,15,16). The molecule has 0 saturated heterocycles. The Balaban J connectivity index is 2.48. The van der Waals surface area contributed by atoms with E-state index in [1.807, 2.05) is 32.9 Å². The molecule has 4 nitrogen and oxygen atoms in total. The molecule has 5 heteroatoms. The Kier molecular flexibility index (Phi) is 3.66. The average Bonchev–Trinajstić information content (AvgIpc) is 2.71. The Labute approximate surface area is 114 Å². The van der Waals surface area contributed by atoms with Crippen molar-refractivity contribution in [3.05, 3.63) is 27.2 Å². The predicted molar refractivity (Wildman–Crippen MR) is 76.1 cm³/mol. The lowest BCUT2D eigenvalue weighted by molar-refractivity contribution is 0.544. The van der Waals surface area contributed by atoms with Crippen LogP contribution in [0.15, 0.2) is 16.5 Å². The smallest absolute Gasteiger partial charge is 0.197 e. The highest BCUT2D eigenvalue weighted by Gasteiger charge is 2.12. The Morgan fingerprint density at radius 2 is 2.06 bits per heavy atom. The van der Waals surface area contributed by atoms with E-state index in [1.165, 1.54) is 0 Å². The number of nitrogens with one attached hydrogen (secondary N) is 1. The van der Waals surface area contributed by atoms with Gasteiger partial charge in [-0.1, -0.05) is 0 Å². The summed E-state index contributed by atoms with van der Waals surface area (Å²) in [4.78, 5) is 8.93. The molecule has 2 rings (SSSR count). The van der Waals surface area contributed by atoms with Gasteiger partial charge in [0, 0.05) is 6.54 Å². The van der Waals surface area contributed by atoms with Gasteiger partial charge in [-0.05, 0) is 55.5 Å². The van der Waals surface area contributed by atoms with Crippen molar-refractivity contribution in [1.29, 1.82) is 0 Å². The lowest BCUT2D eigenvalue weighted by Gasteiger charge is -2.08. The summed E-state index contributed by atoms with van der Waals surface area (Å²) in [6, 6.07) is 3.81. The van der Waals surface area contributed by atoms with Crippen molar-refractivity contribution in [1.82, 2.24) is 9.97 Å². The zero-order chi connectivity index (χ0) is 12.4. The van der Waals surface area contributed by atoms with Crippen LogP contribution in [0.4, 0.5) is 5.82 Å². The molecule has 0 fully saturated rings. The monoisotopic (exact) mass is 343 g/mol. The van der Waals surface area contributed by atoms with Crippen LogP contribution >= 0.6 is 22.6 Å². The van der Waals surface area contributed by atoms with E-state index in [4.69, 9.17) is 4.42 Å². The number of hydrogen-bond acceptors (Lipinski definition) is 4. The van der Waals surface area contributed by atoms with Crippen LogP contribution in [0.5, 0.6) is 0 Å². The second-order valence-electron chi connectivity index (χ2n) is 3.74. The Hall–Kier alpha value is -1.11. The second kappa shape index (κ2) is 5.03. The highest BCUT2D eigenvalue weighted by molar-refractivity contribution is 14.1. The molecular formula is C12H14IN3O. The fourth-order valence-electron chi connectivity index (χ4n) is 1.51. The molecule has 2 aromatic rings. The molecular weight excluding hydrogens is 329 g/mol. The van der Waals surface area contributed by atoms with Gasteiger partial charge >= 0.3 is 0 Å². The van der Waals surface area contributed by atoms with Gasteiger partial charge in [0.1, 0.15) is 11.6 Å². The lowest BCUT2D eigenvalue weighted by Crippen LogP contribution is -2.05. The maximum absolute atomic E-state index is 5.54. The number of hydrogen-bond donors (Lipinski definition) is 1. The van der Waals surface area contributed by atoms with Crippen LogP contribution in [0, 0.1) is 17.4 Å². The van der Waals surface area contributed by atoms with Gasteiger partial charge in [-0.15, -0.1) is 0 Å². The molecule has 1 N–H and O–H groups in total. The molecule has 0 saturated carbocycles. The van der Waals surface area contributed by atoms with Gasteiger partial charge in [0.25, 0.3) is 0 Å². The molecule has 0 unspecified atom stereocenters. The third-order valence-corrected chi connectivity index (χ3v) is 3.61. The van der Waals surface area contributed by atoms with E-state index in [2.05, 4.69) is 37.9 Å². The van der Waals surface area contributed by atoms with Gasteiger partial charge < -0.3 is 9.73 Å². The number of rotatable bonds is 3. The van der Waals surface area contributed by atoms with E-state index in [1.54, 1.807) is 0 Å². The molecule has 0 spiro atoms. The van der Waals surface area contributed by atoms with Crippen molar-refractivity contribution < 1.29 is 4.42 Å². The maximum atomic E-state index is 5.54. The molecule has 0 bridgehead atoms. The van der Waals surface area contributed by atoms with Gasteiger partial charge in [-0.2, -0.15) is 0 Å². The van der Waals surface area contributed by atoms with Gasteiger partial charge in [0.2, 0.25) is 0 Å². The van der Waals surface area contributed by atoms with Crippen molar-refractivity contribution in [3.8, 4) is 11.6 Å². The van der Waals surface area contributed by atoms with Crippen molar-refractivity contribution in [3.63, 3.8) is 0 Å².